The van der Waals surface area contributed by atoms with Gasteiger partial charge in [-0.1, -0.05) is 18.2 Å². The van der Waals surface area contributed by atoms with Gasteiger partial charge in [0.25, 0.3) is 0 Å². The zero-order chi connectivity index (χ0) is 21.8. The summed E-state index contributed by atoms with van der Waals surface area (Å²) in [5.41, 5.74) is 0.704. The highest BCUT2D eigenvalue weighted by atomic mass is 19.4. The number of hydrogen-bond donors (Lipinski definition) is 1. The number of rotatable bonds is 7. The van der Waals surface area contributed by atoms with E-state index in [1.54, 1.807) is 7.11 Å². The second-order valence-electron chi connectivity index (χ2n) is 8.77. The maximum absolute atomic E-state index is 13.3. The largest absolute Gasteiger partial charge is 0.497 e. The van der Waals surface area contributed by atoms with Crippen LogP contribution in [-0.4, -0.2) is 25.9 Å². The van der Waals surface area contributed by atoms with Gasteiger partial charge in [-0.2, -0.15) is 13.2 Å². The summed E-state index contributed by atoms with van der Waals surface area (Å²) >= 11 is 0. The van der Waals surface area contributed by atoms with E-state index in [2.05, 4.69) is 5.32 Å². The number of benzene rings is 2. The van der Waals surface area contributed by atoms with Gasteiger partial charge in [-0.15, -0.1) is 0 Å². The Bertz CT molecular complexity index is 833. The van der Waals surface area contributed by atoms with Crippen LogP contribution in [0.15, 0.2) is 48.5 Å². The lowest BCUT2D eigenvalue weighted by Crippen LogP contribution is -2.83. The number of hydrogen-bond acceptors (Lipinski definition) is 2. The van der Waals surface area contributed by atoms with Gasteiger partial charge in [0, 0.05) is 24.0 Å². The molecule has 2 aromatic carbocycles. The maximum atomic E-state index is 13.3. The molecule has 0 aromatic heterocycles. The van der Waals surface area contributed by atoms with Crippen LogP contribution in [0.4, 0.5) is 13.2 Å². The van der Waals surface area contributed by atoms with E-state index in [9.17, 15) is 13.2 Å². The Labute approximate surface area is 176 Å². The molecule has 0 unspecified atom stereocenters. The summed E-state index contributed by atoms with van der Waals surface area (Å²) in [4.78, 5) is 0. The minimum Gasteiger partial charge on any atom is -0.497 e. The molecule has 6 heteroatoms. The molecule has 164 valence electrons. The van der Waals surface area contributed by atoms with Crippen LogP contribution < -0.4 is 10.1 Å². The number of halogens is 3. The molecule has 0 aliphatic carbocycles. The molecule has 1 heterocycles. The van der Waals surface area contributed by atoms with Gasteiger partial charge in [-0.3, -0.25) is 0 Å². The van der Waals surface area contributed by atoms with E-state index >= 15 is 0 Å². The number of nitrogens with two attached hydrogens (primary N) is 1. The molecule has 0 radical (unpaired) electrons. The van der Waals surface area contributed by atoms with E-state index in [4.69, 9.17) is 9.47 Å². The van der Waals surface area contributed by atoms with Crippen LogP contribution in [0, 0.1) is 0 Å². The Morgan fingerprint density at radius 2 is 1.83 bits per heavy atom. The predicted molar refractivity (Wildman–Crippen MR) is 110 cm³/mol. The average molecular weight is 423 g/mol. The molecule has 1 aliphatic heterocycles. The fraction of sp³-hybridized carbons (Fsp3) is 0.500. The van der Waals surface area contributed by atoms with Gasteiger partial charge < -0.3 is 14.8 Å². The normalized spacial score (nSPS) is 21.4. The fourth-order valence-corrected chi connectivity index (χ4v) is 4.52. The molecule has 1 atom stereocenters. The molecule has 2 N–H and O–H groups in total. The number of quaternary nitrogens is 1. The van der Waals surface area contributed by atoms with Gasteiger partial charge in [0.1, 0.15) is 12.3 Å². The smallest absolute Gasteiger partial charge is 0.416 e. The molecule has 1 saturated heterocycles. The van der Waals surface area contributed by atoms with Crippen molar-refractivity contribution in [3.63, 3.8) is 0 Å². The molecule has 3 nitrogen and oxygen atoms in total. The summed E-state index contributed by atoms with van der Waals surface area (Å²) in [5.74, 6) is 0.826. The van der Waals surface area contributed by atoms with Crippen LogP contribution in [0.1, 0.15) is 49.8 Å². The second kappa shape index (κ2) is 8.98. The molecular formula is C24H31F3NO2+. The molecule has 0 saturated carbocycles. The zero-order valence-corrected chi connectivity index (χ0v) is 17.9. The first-order valence-electron chi connectivity index (χ1n) is 10.4. The summed E-state index contributed by atoms with van der Waals surface area (Å²) in [6.07, 6.45) is -2.10. The third-order valence-electron chi connectivity index (χ3n) is 6.01. The number of methoxy groups -OCH3 is 1. The van der Waals surface area contributed by atoms with Crippen molar-refractivity contribution in [3.05, 3.63) is 65.2 Å². The quantitative estimate of drug-likeness (QED) is 0.657. The topological polar surface area (TPSA) is 35.1 Å². The summed E-state index contributed by atoms with van der Waals surface area (Å²) in [6, 6.07) is 13.8. The molecule has 0 spiro atoms. The first-order chi connectivity index (χ1) is 14.1. The third-order valence-corrected chi connectivity index (χ3v) is 6.01. The molecule has 1 aliphatic rings. The standard InChI is InChI=1S/C24H30F3NO2/c1-22(2)17-23(12-14-30-22,19-5-4-6-20(15-19)24(25,26)27)11-13-28-16-18-7-9-21(29-3)10-8-18/h4-10,15,28H,11-14,16-17H2,1-3H3/p+1/t23-/m0/s1. The Morgan fingerprint density at radius 1 is 1.10 bits per heavy atom. The van der Waals surface area contributed by atoms with Crippen LogP contribution >= 0.6 is 0 Å². The highest BCUT2D eigenvalue weighted by Crippen LogP contribution is 2.44. The SMILES string of the molecule is COc1ccc(C[NH2+]CC[C@]2(c3cccc(C(F)(F)F)c3)CCOC(C)(C)C2)cc1. The minimum atomic E-state index is -4.33. The van der Waals surface area contributed by atoms with Crippen molar-refractivity contribution in [2.45, 2.75) is 56.8 Å². The molecule has 30 heavy (non-hydrogen) atoms. The number of ether oxygens (including phenoxy) is 2. The first-order valence-corrected chi connectivity index (χ1v) is 10.4. The summed E-state index contributed by atoms with van der Waals surface area (Å²) in [5, 5.41) is 2.22. The van der Waals surface area contributed by atoms with Crippen molar-refractivity contribution in [3.8, 4) is 5.75 Å². The molecule has 1 fully saturated rings. The van der Waals surface area contributed by atoms with Crippen LogP contribution in [0.3, 0.4) is 0 Å². The van der Waals surface area contributed by atoms with Gasteiger partial charge in [-0.05, 0) is 62.6 Å². The first kappa shape index (κ1) is 22.6. The van der Waals surface area contributed by atoms with Crippen molar-refractivity contribution < 1.29 is 28.0 Å². The maximum Gasteiger partial charge on any atom is 0.416 e. The van der Waals surface area contributed by atoms with Crippen LogP contribution in [0.5, 0.6) is 5.75 Å². The predicted octanol–water partition coefficient (Wildman–Crippen LogP) is 4.69. The Kier molecular flexibility index (Phi) is 6.78. The second-order valence-corrected chi connectivity index (χ2v) is 8.77. The summed E-state index contributed by atoms with van der Waals surface area (Å²) in [6.45, 7) is 6.26. The fourth-order valence-electron chi connectivity index (χ4n) is 4.52. The van der Waals surface area contributed by atoms with Crippen LogP contribution in [0.2, 0.25) is 0 Å². The van der Waals surface area contributed by atoms with Crippen molar-refractivity contribution in [2.24, 2.45) is 0 Å². The number of alkyl halides is 3. The minimum absolute atomic E-state index is 0.320. The highest BCUT2D eigenvalue weighted by Gasteiger charge is 2.43. The van der Waals surface area contributed by atoms with Crippen LogP contribution in [-0.2, 0) is 22.9 Å². The van der Waals surface area contributed by atoms with Crippen molar-refractivity contribution in [1.29, 1.82) is 0 Å². The van der Waals surface area contributed by atoms with Gasteiger partial charge in [0.15, 0.2) is 0 Å². The van der Waals surface area contributed by atoms with Crippen molar-refractivity contribution in [2.75, 3.05) is 20.3 Å². The Hall–Kier alpha value is -2.05. The van der Waals surface area contributed by atoms with Gasteiger partial charge in [-0.25, -0.2) is 0 Å². The van der Waals surface area contributed by atoms with Gasteiger partial charge in [0.05, 0.1) is 24.8 Å². The molecule has 3 rings (SSSR count). The van der Waals surface area contributed by atoms with Crippen LogP contribution in [0.25, 0.3) is 0 Å². The van der Waals surface area contributed by atoms with Crippen molar-refractivity contribution in [1.82, 2.24) is 0 Å². The molecule has 0 bridgehead atoms. The molecule has 2 aromatic rings. The summed E-state index contributed by atoms with van der Waals surface area (Å²) in [7, 11) is 1.64. The van der Waals surface area contributed by atoms with E-state index in [0.29, 0.717) is 13.0 Å². The third kappa shape index (κ3) is 5.55. The Balaban J connectivity index is 1.74. The van der Waals surface area contributed by atoms with Gasteiger partial charge >= 0.3 is 6.18 Å². The van der Waals surface area contributed by atoms with E-state index in [1.807, 2.05) is 44.2 Å². The molecule has 0 amide bonds. The van der Waals surface area contributed by atoms with E-state index < -0.39 is 11.7 Å². The lowest BCUT2D eigenvalue weighted by Gasteiger charge is -2.45. The zero-order valence-electron chi connectivity index (χ0n) is 17.9. The monoisotopic (exact) mass is 422 g/mol. The Morgan fingerprint density at radius 3 is 2.47 bits per heavy atom. The van der Waals surface area contributed by atoms with E-state index in [0.717, 1.165) is 43.3 Å². The average Bonchev–Trinajstić information content (AvgIpc) is 2.70. The summed E-state index contributed by atoms with van der Waals surface area (Å²) < 4.78 is 51.0. The lowest BCUT2D eigenvalue weighted by molar-refractivity contribution is -0.672. The molecular weight excluding hydrogens is 391 g/mol. The van der Waals surface area contributed by atoms with Crippen molar-refractivity contribution >= 4 is 0 Å². The van der Waals surface area contributed by atoms with E-state index in [-0.39, 0.29) is 11.0 Å². The highest BCUT2D eigenvalue weighted by molar-refractivity contribution is 5.33. The lowest BCUT2D eigenvalue weighted by atomic mass is 9.67. The van der Waals surface area contributed by atoms with E-state index in [1.165, 1.54) is 17.7 Å². The van der Waals surface area contributed by atoms with Gasteiger partial charge in [0.2, 0.25) is 0 Å².